The maximum absolute atomic E-state index is 10.7. The van der Waals surface area contributed by atoms with Crippen LogP contribution in [0.1, 0.15) is 57.1 Å². The summed E-state index contributed by atoms with van der Waals surface area (Å²) in [6, 6.07) is 2.21. The van der Waals surface area contributed by atoms with E-state index >= 15 is 0 Å². The highest BCUT2D eigenvalue weighted by atomic mass is 32.2. The van der Waals surface area contributed by atoms with Gasteiger partial charge in [0.15, 0.2) is 0 Å². The van der Waals surface area contributed by atoms with Crippen molar-refractivity contribution in [3.63, 3.8) is 0 Å². The third-order valence-electron chi connectivity index (χ3n) is 5.78. The Bertz CT molecular complexity index is 658. The standard InChI is InChI=1S/C18H32N5O2PS/c1-23(18-21-11-9-14(22-18)10-12-27-20)15-7-8-16(13-15)25-26(19,24)17-5-3-2-4-6-17/h9,11,15-17H,2-8,10,12-13,20H2,1H3,(H2,19,24)/t15-,16+,26?/m1/s1. The number of nitrogens with zero attached hydrogens (tertiary/aromatic N) is 3. The maximum atomic E-state index is 10.7. The van der Waals surface area contributed by atoms with Crippen LogP contribution >= 0.6 is 19.5 Å². The number of nitrogens with two attached hydrogens (primary N) is 1. The second-order valence-corrected chi connectivity index (χ2v) is 10.6. The monoisotopic (exact) mass is 413 g/mol. The van der Waals surface area contributed by atoms with Crippen molar-refractivity contribution in [2.45, 2.75) is 75.6 Å². The molecule has 9 heteroatoms. The summed E-state index contributed by atoms with van der Waals surface area (Å²) in [4.78, 5) is 21.9. The number of aromatic nitrogens is 2. The molecule has 1 heterocycles. The molecule has 0 saturated heterocycles. The number of hydrogen-bond acceptors (Lipinski definition) is 7. The van der Waals surface area contributed by atoms with Gasteiger partial charge in [0.05, 0.1) is 6.10 Å². The Balaban J connectivity index is 1.56. The van der Waals surface area contributed by atoms with E-state index in [1.165, 1.54) is 18.4 Å². The molecular weight excluding hydrogens is 381 g/mol. The molecule has 0 aliphatic heterocycles. The normalized spacial score (nSPS) is 26.0. The van der Waals surface area contributed by atoms with Crippen molar-refractivity contribution in [3.8, 4) is 0 Å². The molecule has 2 saturated carbocycles. The number of aryl methyl sites for hydroxylation is 1. The fourth-order valence-corrected chi connectivity index (χ4v) is 6.34. The summed E-state index contributed by atoms with van der Waals surface area (Å²) in [5.41, 5.74) is 1.04. The van der Waals surface area contributed by atoms with Gasteiger partial charge in [-0.05, 0) is 38.2 Å². The summed E-state index contributed by atoms with van der Waals surface area (Å²) in [6.07, 6.45) is 10.6. The quantitative estimate of drug-likeness (QED) is 0.437. The Hall–Kier alpha value is -0.660. The molecule has 0 spiro atoms. The van der Waals surface area contributed by atoms with E-state index in [2.05, 4.69) is 14.9 Å². The molecule has 4 N–H and O–H groups in total. The number of nitrogens with one attached hydrogen (secondary N) is 1. The zero-order chi connectivity index (χ0) is 19.3. The van der Waals surface area contributed by atoms with E-state index in [1.807, 2.05) is 13.1 Å². The van der Waals surface area contributed by atoms with E-state index in [4.69, 9.17) is 14.8 Å². The topological polar surface area (TPSA) is 108 Å². The second-order valence-electron chi connectivity index (χ2n) is 7.69. The van der Waals surface area contributed by atoms with Crippen molar-refractivity contribution < 1.29 is 9.42 Å². The van der Waals surface area contributed by atoms with Crippen molar-refractivity contribution in [2.24, 2.45) is 5.14 Å². The number of hydrogen-bond donors (Lipinski definition) is 3. The average Bonchev–Trinajstić information content (AvgIpc) is 3.14. The zero-order valence-electron chi connectivity index (χ0n) is 16.1. The van der Waals surface area contributed by atoms with Crippen LogP contribution in [-0.4, -0.2) is 45.5 Å². The van der Waals surface area contributed by atoms with Crippen LogP contribution in [0.2, 0.25) is 0 Å². The van der Waals surface area contributed by atoms with Crippen LogP contribution in [0.15, 0.2) is 12.3 Å². The van der Waals surface area contributed by atoms with Crippen LogP contribution in [0.5, 0.6) is 0 Å². The third-order valence-corrected chi connectivity index (χ3v) is 8.34. The Morgan fingerprint density at radius 3 is 2.85 bits per heavy atom. The molecule has 0 aromatic carbocycles. The van der Waals surface area contributed by atoms with Crippen LogP contribution in [-0.2, 0) is 10.9 Å². The molecule has 1 unspecified atom stereocenters. The molecule has 3 atom stereocenters. The van der Waals surface area contributed by atoms with E-state index < -0.39 is 7.51 Å². The van der Waals surface area contributed by atoms with Gasteiger partial charge in [-0.15, -0.1) is 0 Å². The summed E-state index contributed by atoms with van der Waals surface area (Å²) >= 11 is 1.32. The van der Waals surface area contributed by atoms with Gasteiger partial charge < -0.3 is 14.3 Å². The van der Waals surface area contributed by atoms with Gasteiger partial charge in [-0.25, -0.2) is 9.97 Å². The van der Waals surface area contributed by atoms with Gasteiger partial charge in [-0.2, -0.15) is 0 Å². The molecule has 2 aliphatic rings. The first-order valence-corrected chi connectivity index (χ1v) is 12.7. The van der Waals surface area contributed by atoms with Crippen molar-refractivity contribution in [3.05, 3.63) is 18.0 Å². The molecule has 152 valence electrons. The van der Waals surface area contributed by atoms with Crippen LogP contribution in [0, 0.1) is 5.16 Å². The summed E-state index contributed by atoms with van der Waals surface area (Å²) in [7, 11) is -1.01. The lowest BCUT2D eigenvalue weighted by molar-refractivity contribution is 0.191. The van der Waals surface area contributed by atoms with Crippen LogP contribution < -0.4 is 10.0 Å². The Labute approximate surface area is 166 Å². The van der Waals surface area contributed by atoms with Gasteiger partial charge in [0.1, 0.15) is 0 Å². The Morgan fingerprint density at radius 2 is 2.11 bits per heavy atom. The fourth-order valence-electron chi connectivity index (χ4n) is 4.13. The molecule has 2 aliphatic carbocycles. The highest BCUT2D eigenvalue weighted by Crippen LogP contribution is 2.55. The average molecular weight is 414 g/mol. The molecule has 1 aromatic heterocycles. The van der Waals surface area contributed by atoms with E-state index in [-0.39, 0.29) is 17.8 Å². The van der Waals surface area contributed by atoms with Crippen LogP contribution in [0.3, 0.4) is 0 Å². The molecule has 2 fully saturated rings. The van der Waals surface area contributed by atoms with Crippen molar-refractivity contribution in [2.75, 3.05) is 17.7 Å². The van der Waals surface area contributed by atoms with E-state index in [9.17, 15) is 4.89 Å². The van der Waals surface area contributed by atoms with Gasteiger partial charge in [0, 0.05) is 42.8 Å². The highest BCUT2D eigenvalue weighted by molar-refractivity contribution is 7.97. The summed E-state index contributed by atoms with van der Waals surface area (Å²) in [5, 5.41) is 13.9. The molecule has 0 amide bonds. The third kappa shape index (κ3) is 5.67. The number of anilines is 1. The van der Waals surface area contributed by atoms with Crippen molar-refractivity contribution in [1.82, 2.24) is 9.97 Å². The second kappa shape index (κ2) is 9.70. The Morgan fingerprint density at radius 1 is 1.33 bits per heavy atom. The van der Waals surface area contributed by atoms with Crippen LogP contribution in [0.25, 0.3) is 0 Å². The van der Waals surface area contributed by atoms with Crippen molar-refractivity contribution >= 4 is 25.4 Å². The minimum atomic E-state index is -3.03. The fraction of sp³-hybridized carbons (Fsp3) is 0.778. The summed E-state index contributed by atoms with van der Waals surface area (Å²) in [6.45, 7) is 0. The van der Waals surface area contributed by atoms with Gasteiger partial charge in [0.25, 0.3) is 0 Å². The Kier molecular flexibility index (Phi) is 7.57. The minimum Gasteiger partial charge on any atom is -0.341 e. The maximum Gasteiger partial charge on any atom is 0.225 e. The van der Waals surface area contributed by atoms with E-state index in [0.717, 1.165) is 68.8 Å². The summed E-state index contributed by atoms with van der Waals surface area (Å²) in [5.74, 6) is 1.57. The highest BCUT2D eigenvalue weighted by Gasteiger charge is 2.36. The summed E-state index contributed by atoms with van der Waals surface area (Å²) < 4.78 is 5.98. The van der Waals surface area contributed by atoms with Gasteiger partial charge in [-0.3, -0.25) is 10.3 Å². The first-order valence-electron chi connectivity index (χ1n) is 9.91. The molecule has 0 radical (unpaired) electrons. The number of rotatable bonds is 8. The van der Waals surface area contributed by atoms with Gasteiger partial charge >= 0.3 is 0 Å². The molecule has 7 nitrogen and oxygen atoms in total. The molecule has 1 aromatic rings. The predicted octanol–water partition coefficient (Wildman–Crippen LogP) is 3.93. The lowest BCUT2D eigenvalue weighted by Crippen LogP contribution is -2.31. The smallest absolute Gasteiger partial charge is 0.225 e. The van der Waals surface area contributed by atoms with Crippen LogP contribution in [0.4, 0.5) is 5.95 Å². The predicted molar refractivity (Wildman–Crippen MR) is 112 cm³/mol. The lowest BCUT2D eigenvalue weighted by atomic mass is 10.0. The lowest BCUT2D eigenvalue weighted by Gasteiger charge is -2.31. The largest absolute Gasteiger partial charge is 0.341 e. The molecule has 27 heavy (non-hydrogen) atoms. The first-order chi connectivity index (χ1) is 13.0. The zero-order valence-corrected chi connectivity index (χ0v) is 17.8. The SMILES string of the molecule is CN(c1nccc(CCSN)n1)[C@@H]1CC[C@H](OP(=N)(O)C2CCCCC2)C1. The molecular formula is C18H32N5O2PS. The van der Waals surface area contributed by atoms with Gasteiger partial charge in [-0.1, -0.05) is 31.2 Å². The molecule has 3 rings (SSSR count). The van der Waals surface area contributed by atoms with E-state index in [0.29, 0.717) is 0 Å². The molecule has 0 bridgehead atoms. The van der Waals surface area contributed by atoms with Gasteiger partial charge in [0.2, 0.25) is 13.5 Å². The van der Waals surface area contributed by atoms with Crippen molar-refractivity contribution in [1.29, 1.82) is 5.16 Å². The first kappa shape index (κ1) is 21.1. The minimum absolute atomic E-state index is 0.0352. The van der Waals surface area contributed by atoms with E-state index in [1.54, 1.807) is 6.20 Å².